The molecule has 0 aliphatic carbocycles. The number of likely N-dealkylation sites (tertiary alicyclic amines) is 1. The predicted octanol–water partition coefficient (Wildman–Crippen LogP) is 3.45. The molecule has 2 saturated heterocycles. The van der Waals surface area contributed by atoms with E-state index in [0.29, 0.717) is 39.1 Å². The Balaban J connectivity index is 1.39. The van der Waals surface area contributed by atoms with Gasteiger partial charge >= 0.3 is 0 Å². The fourth-order valence-corrected chi connectivity index (χ4v) is 4.52. The van der Waals surface area contributed by atoms with E-state index in [0.717, 1.165) is 19.4 Å². The zero-order valence-electron chi connectivity index (χ0n) is 17.4. The van der Waals surface area contributed by atoms with Gasteiger partial charge in [0.15, 0.2) is 0 Å². The van der Waals surface area contributed by atoms with Gasteiger partial charge < -0.3 is 14.5 Å². The first-order valence-corrected chi connectivity index (χ1v) is 11.0. The number of ether oxygens (including phenoxy) is 1. The van der Waals surface area contributed by atoms with Crippen molar-refractivity contribution in [1.29, 1.82) is 0 Å². The molecule has 5 nitrogen and oxygen atoms in total. The Morgan fingerprint density at radius 3 is 2.27 bits per heavy atom. The SMILES string of the molecule is O=C1CCCN1CCC(=O)N1CCO[C@H](CC(c2ccccc2)c2ccccc2)C1. The standard InChI is InChI=1S/C25H30N2O3/c28-24-12-7-14-26(24)15-13-25(29)27-16-17-30-22(19-27)18-23(20-8-3-1-4-9-20)21-10-5-2-6-11-21/h1-6,8-11,22-23H,7,12-19H2/t22-/m1/s1. The van der Waals surface area contributed by atoms with Gasteiger partial charge in [-0.05, 0) is 24.0 Å². The maximum atomic E-state index is 12.8. The molecule has 2 heterocycles. The first-order chi connectivity index (χ1) is 14.7. The summed E-state index contributed by atoms with van der Waals surface area (Å²) in [6, 6.07) is 21.0. The summed E-state index contributed by atoms with van der Waals surface area (Å²) < 4.78 is 6.07. The topological polar surface area (TPSA) is 49.9 Å². The normalized spacial score (nSPS) is 19.5. The minimum Gasteiger partial charge on any atom is -0.375 e. The van der Waals surface area contributed by atoms with Crippen LogP contribution >= 0.6 is 0 Å². The molecule has 0 saturated carbocycles. The maximum Gasteiger partial charge on any atom is 0.224 e. The largest absolute Gasteiger partial charge is 0.375 e. The molecule has 2 fully saturated rings. The molecule has 0 bridgehead atoms. The number of benzene rings is 2. The average Bonchev–Trinajstić information content (AvgIpc) is 3.22. The first-order valence-electron chi connectivity index (χ1n) is 11.0. The summed E-state index contributed by atoms with van der Waals surface area (Å²) in [4.78, 5) is 28.3. The summed E-state index contributed by atoms with van der Waals surface area (Å²) in [6.07, 6.45) is 2.77. The van der Waals surface area contributed by atoms with E-state index in [9.17, 15) is 9.59 Å². The van der Waals surface area contributed by atoms with E-state index < -0.39 is 0 Å². The number of morpholine rings is 1. The highest BCUT2D eigenvalue weighted by Crippen LogP contribution is 2.31. The van der Waals surface area contributed by atoms with Crippen molar-refractivity contribution >= 4 is 11.8 Å². The van der Waals surface area contributed by atoms with E-state index in [2.05, 4.69) is 48.5 Å². The quantitative estimate of drug-likeness (QED) is 0.708. The van der Waals surface area contributed by atoms with Crippen molar-refractivity contribution < 1.29 is 14.3 Å². The van der Waals surface area contributed by atoms with Gasteiger partial charge in [-0.25, -0.2) is 0 Å². The maximum absolute atomic E-state index is 12.8. The summed E-state index contributed by atoms with van der Waals surface area (Å²) >= 11 is 0. The van der Waals surface area contributed by atoms with E-state index in [-0.39, 0.29) is 23.8 Å². The van der Waals surface area contributed by atoms with Crippen molar-refractivity contribution in [3.8, 4) is 0 Å². The molecular formula is C25H30N2O3. The summed E-state index contributed by atoms with van der Waals surface area (Å²) in [6.45, 7) is 3.13. The molecule has 1 atom stereocenters. The molecule has 30 heavy (non-hydrogen) atoms. The second kappa shape index (κ2) is 9.90. The number of hydrogen-bond acceptors (Lipinski definition) is 3. The van der Waals surface area contributed by atoms with Gasteiger partial charge in [-0.2, -0.15) is 0 Å². The Morgan fingerprint density at radius 1 is 1.00 bits per heavy atom. The number of nitrogens with zero attached hydrogens (tertiary/aromatic N) is 2. The van der Waals surface area contributed by atoms with E-state index in [4.69, 9.17) is 4.74 Å². The van der Waals surface area contributed by atoms with Gasteiger partial charge in [-0.15, -0.1) is 0 Å². The van der Waals surface area contributed by atoms with Crippen LogP contribution in [0.25, 0.3) is 0 Å². The van der Waals surface area contributed by atoms with E-state index in [1.807, 2.05) is 21.9 Å². The molecule has 5 heteroatoms. The van der Waals surface area contributed by atoms with E-state index >= 15 is 0 Å². The molecule has 2 aliphatic rings. The van der Waals surface area contributed by atoms with Gasteiger partial charge in [0, 0.05) is 44.9 Å². The second-order valence-corrected chi connectivity index (χ2v) is 8.18. The molecule has 158 valence electrons. The van der Waals surface area contributed by atoms with Crippen LogP contribution in [0, 0.1) is 0 Å². The van der Waals surface area contributed by atoms with E-state index in [1.54, 1.807) is 0 Å². The van der Waals surface area contributed by atoms with Gasteiger partial charge in [0.25, 0.3) is 0 Å². The van der Waals surface area contributed by atoms with E-state index in [1.165, 1.54) is 11.1 Å². The first kappa shape index (κ1) is 20.6. The third-order valence-corrected chi connectivity index (χ3v) is 6.16. The molecule has 4 rings (SSSR count). The Bertz CT molecular complexity index is 800. The smallest absolute Gasteiger partial charge is 0.224 e. The Hall–Kier alpha value is -2.66. The summed E-state index contributed by atoms with van der Waals surface area (Å²) in [5.74, 6) is 0.532. The monoisotopic (exact) mass is 406 g/mol. The van der Waals surface area contributed by atoms with Crippen LogP contribution in [0.1, 0.15) is 42.7 Å². The molecule has 0 spiro atoms. The fourth-order valence-electron chi connectivity index (χ4n) is 4.52. The third-order valence-electron chi connectivity index (χ3n) is 6.16. The lowest BCUT2D eigenvalue weighted by Gasteiger charge is -2.35. The predicted molar refractivity (Wildman–Crippen MR) is 116 cm³/mol. The highest BCUT2D eigenvalue weighted by atomic mass is 16.5. The summed E-state index contributed by atoms with van der Waals surface area (Å²) in [7, 11) is 0. The molecule has 0 radical (unpaired) electrons. The van der Waals surface area contributed by atoms with Crippen LogP contribution in [0.4, 0.5) is 0 Å². The third kappa shape index (κ3) is 5.08. The zero-order chi connectivity index (χ0) is 20.8. The fraction of sp³-hybridized carbons (Fsp3) is 0.440. The van der Waals surface area contributed by atoms with Crippen LogP contribution in [0.15, 0.2) is 60.7 Å². The van der Waals surface area contributed by atoms with Crippen LogP contribution in [0.2, 0.25) is 0 Å². The molecule has 2 aromatic carbocycles. The Kier molecular flexibility index (Phi) is 6.80. The molecule has 2 amide bonds. The summed E-state index contributed by atoms with van der Waals surface area (Å²) in [5.41, 5.74) is 2.53. The minimum atomic E-state index is 0.00142. The van der Waals surface area contributed by atoms with Crippen LogP contribution in [-0.2, 0) is 14.3 Å². The lowest BCUT2D eigenvalue weighted by atomic mass is 9.86. The number of carbonyl (C=O) groups is 2. The van der Waals surface area contributed by atoms with Crippen molar-refractivity contribution in [1.82, 2.24) is 9.80 Å². The van der Waals surface area contributed by atoms with Crippen LogP contribution in [-0.4, -0.2) is 60.5 Å². The highest BCUT2D eigenvalue weighted by molar-refractivity contribution is 5.80. The van der Waals surface area contributed by atoms with Crippen LogP contribution < -0.4 is 0 Å². The Labute approximate surface area is 178 Å². The lowest BCUT2D eigenvalue weighted by molar-refractivity contribution is -0.140. The Morgan fingerprint density at radius 2 is 1.67 bits per heavy atom. The second-order valence-electron chi connectivity index (χ2n) is 8.18. The number of rotatable bonds is 7. The van der Waals surface area contributed by atoms with Gasteiger partial charge in [-0.3, -0.25) is 9.59 Å². The minimum absolute atomic E-state index is 0.00142. The summed E-state index contributed by atoms with van der Waals surface area (Å²) in [5, 5.41) is 0. The number of carbonyl (C=O) groups excluding carboxylic acids is 2. The zero-order valence-corrected chi connectivity index (χ0v) is 17.4. The molecule has 2 aromatic rings. The van der Waals surface area contributed by atoms with Crippen molar-refractivity contribution in [2.75, 3.05) is 32.8 Å². The molecule has 0 N–H and O–H groups in total. The molecule has 2 aliphatic heterocycles. The molecule has 0 unspecified atom stereocenters. The van der Waals surface area contributed by atoms with Crippen LogP contribution in [0.5, 0.6) is 0 Å². The van der Waals surface area contributed by atoms with Crippen LogP contribution in [0.3, 0.4) is 0 Å². The average molecular weight is 407 g/mol. The van der Waals surface area contributed by atoms with Crippen molar-refractivity contribution in [3.63, 3.8) is 0 Å². The van der Waals surface area contributed by atoms with Crippen molar-refractivity contribution in [2.24, 2.45) is 0 Å². The van der Waals surface area contributed by atoms with Crippen molar-refractivity contribution in [3.05, 3.63) is 71.8 Å². The number of amides is 2. The van der Waals surface area contributed by atoms with Gasteiger partial charge in [0.1, 0.15) is 0 Å². The molecule has 0 aromatic heterocycles. The number of hydrogen-bond donors (Lipinski definition) is 0. The highest BCUT2D eigenvalue weighted by Gasteiger charge is 2.28. The van der Waals surface area contributed by atoms with Gasteiger partial charge in [0.05, 0.1) is 12.7 Å². The van der Waals surface area contributed by atoms with Gasteiger partial charge in [0.2, 0.25) is 11.8 Å². The van der Waals surface area contributed by atoms with Crippen molar-refractivity contribution in [2.45, 2.75) is 37.7 Å². The molecular weight excluding hydrogens is 376 g/mol. The van der Waals surface area contributed by atoms with Gasteiger partial charge in [-0.1, -0.05) is 60.7 Å². The lowest BCUT2D eigenvalue weighted by Crippen LogP contribution is -2.46.